The molecule has 4 saturated heterocycles. The Labute approximate surface area is 153 Å². The lowest BCUT2D eigenvalue weighted by atomic mass is 9.63. The molecule has 5 aliphatic heterocycles. The van der Waals surface area contributed by atoms with E-state index in [0.29, 0.717) is 23.9 Å². The van der Waals surface area contributed by atoms with Crippen molar-refractivity contribution in [2.24, 2.45) is 17.8 Å². The first-order valence-corrected chi connectivity index (χ1v) is 10.1. The van der Waals surface area contributed by atoms with E-state index in [9.17, 15) is 9.90 Å². The van der Waals surface area contributed by atoms with E-state index in [-0.39, 0.29) is 35.7 Å². The normalized spacial score (nSPS) is 51.7. The number of para-hydroxylation sites is 1. The smallest absolute Gasteiger partial charge is 0.302 e. The fraction of sp³-hybridized carbons (Fsp3) is 0.667. The number of carbonyl (C=O) groups is 1. The van der Waals surface area contributed by atoms with Gasteiger partial charge in [-0.1, -0.05) is 25.1 Å². The number of piperidine rings is 4. The fourth-order valence-corrected chi connectivity index (χ4v) is 7.73. The molecule has 1 spiro atoms. The van der Waals surface area contributed by atoms with Gasteiger partial charge in [0, 0.05) is 36.5 Å². The zero-order valence-electron chi connectivity index (χ0n) is 15.3. The Hall–Kier alpha value is -1.59. The zero-order valence-corrected chi connectivity index (χ0v) is 15.3. The van der Waals surface area contributed by atoms with Crippen molar-refractivity contribution in [3.63, 3.8) is 0 Å². The third-order valence-electron chi connectivity index (χ3n) is 8.30. The van der Waals surface area contributed by atoms with Crippen LogP contribution in [0, 0.1) is 17.8 Å². The second kappa shape index (κ2) is 4.82. The third kappa shape index (κ3) is 1.51. The van der Waals surface area contributed by atoms with Crippen molar-refractivity contribution < 1.29 is 14.6 Å². The fourth-order valence-electron chi connectivity index (χ4n) is 7.73. The molecule has 5 heteroatoms. The number of carbonyl (C=O) groups excluding carboxylic acids is 1. The van der Waals surface area contributed by atoms with Gasteiger partial charge >= 0.3 is 5.97 Å². The lowest BCUT2D eigenvalue weighted by Gasteiger charge is -2.61. The summed E-state index contributed by atoms with van der Waals surface area (Å²) in [7, 11) is 0. The van der Waals surface area contributed by atoms with Crippen LogP contribution in [0.2, 0.25) is 0 Å². The molecule has 1 saturated carbocycles. The lowest BCUT2D eigenvalue weighted by molar-refractivity contribution is -0.211. The van der Waals surface area contributed by atoms with Crippen molar-refractivity contribution in [2.75, 3.05) is 5.32 Å². The Morgan fingerprint density at radius 3 is 2.96 bits per heavy atom. The zero-order chi connectivity index (χ0) is 17.8. The maximum absolute atomic E-state index is 12.1. The van der Waals surface area contributed by atoms with Crippen LogP contribution in [-0.2, 0) is 14.9 Å². The van der Waals surface area contributed by atoms with Gasteiger partial charge in [0.15, 0.2) is 0 Å². The summed E-state index contributed by atoms with van der Waals surface area (Å²) in [5, 5.41) is 14.9. The van der Waals surface area contributed by atoms with Gasteiger partial charge in [0.25, 0.3) is 0 Å². The van der Waals surface area contributed by atoms with E-state index in [1.165, 1.54) is 11.3 Å². The number of aliphatic hydroxyl groups excluding tert-OH is 1. The average Bonchev–Trinajstić information content (AvgIpc) is 3.08. The van der Waals surface area contributed by atoms with Crippen LogP contribution in [0.3, 0.4) is 0 Å². The van der Waals surface area contributed by atoms with Crippen LogP contribution in [0.15, 0.2) is 24.3 Å². The van der Waals surface area contributed by atoms with Crippen molar-refractivity contribution in [3.05, 3.63) is 29.8 Å². The standard InChI is InChI=1S/C21H26N2O3/c1-3-11-12-8-15-18-21(13-6-4-5-7-14(13)22-18)9-16(23(15)20(11)25)17(12)19(21)26-10(2)24/h4-7,11-12,15-20,22,25H,3,8-9H2,1-2H3/t11-,12+,15-,16-,17?,18-,19+,20+,21+/m0/s1. The summed E-state index contributed by atoms with van der Waals surface area (Å²) in [5.41, 5.74) is 2.36. The van der Waals surface area contributed by atoms with Gasteiger partial charge in [0.2, 0.25) is 0 Å². The molecule has 2 unspecified atom stereocenters. The topological polar surface area (TPSA) is 61.8 Å². The number of benzene rings is 1. The van der Waals surface area contributed by atoms with E-state index in [4.69, 9.17) is 4.74 Å². The first kappa shape index (κ1) is 15.5. The summed E-state index contributed by atoms with van der Waals surface area (Å²) in [5.74, 6) is 0.887. The molecule has 6 aliphatic rings. The van der Waals surface area contributed by atoms with Crippen LogP contribution in [-0.4, -0.2) is 46.4 Å². The van der Waals surface area contributed by atoms with Gasteiger partial charge < -0.3 is 15.2 Å². The van der Waals surface area contributed by atoms with Crippen molar-refractivity contribution >= 4 is 11.7 Å². The molecule has 5 bridgehead atoms. The van der Waals surface area contributed by atoms with Crippen LogP contribution < -0.4 is 5.32 Å². The van der Waals surface area contributed by atoms with Crippen LogP contribution >= 0.6 is 0 Å². The average molecular weight is 354 g/mol. The van der Waals surface area contributed by atoms with Crippen LogP contribution in [0.5, 0.6) is 0 Å². The summed E-state index contributed by atoms with van der Waals surface area (Å²) in [6, 6.07) is 9.39. The molecular formula is C21H26N2O3. The highest BCUT2D eigenvalue weighted by molar-refractivity contribution is 5.69. The minimum atomic E-state index is -0.357. The largest absolute Gasteiger partial charge is 0.461 e. The SMILES string of the molecule is CC[C@@H]1[C@@H](O)N2[C@H]3C[C@@]45c6ccccc6N[C@H]4[C@@H]2C[C@H]1C3[C@H]5OC(C)=O. The van der Waals surface area contributed by atoms with Gasteiger partial charge in [0.05, 0.1) is 11.5 Å². The Morgan fingerprint density at radius 2 is 2.19 bits per heavy atom. The van der Waals surface area contributed by atoms with Crippen molar-refractivity contribution in [1.82, 2.24) is 4.90 Å². The number of hydrogen-bond donors (Lipinski definition) is 2. The van der Waals surface area contributed by atoms with Gasteiger partial charge in [0.1, 0.15) is 12.3 Å². The monoisotopic (exact) mass is 354 g/mol. The number of hydrogen-bond acceptors (Lipinski definition) is 5. The van der Waals surface area contributed by atoms with E-state index in [2.05, 4.69) is 41.4 Å². The number of rotatable bonds is 2. The highest BCUT2D eigenvalue weighted by Gasteiger charge is 2.76. The molecule has 1 aromatic rings. The van der Waals surface area contributed by atoms with Crippen molar-refractivity contribution in [3.8, 4) is 0 Å². The van der Waals surface area contributed by atoms with Gasteiger partial charge in [-0.05, 0) is 36.8 Å². The molecule has 1 aromatic carbocycles. The molecule has 5 heterocycles. The Balaban J connectivity index is 1.57. The molecule has 26 heavy (non-hydrogen) atoms. The number of fused-ring (bicyclic) bond motifs is 2. The number of nitrogens with one attached hydrogen (secondary N) is 1. The molecule has 138 valence electrons. The number of ether oxygens (including phenoxy) is 1. The first-order chi connectivity index (χ1) is 12.6. The molecule has 0 amide bonds. The van der Waals surface area contributed by atoms with Crippen LogP contribution in [0.25, 0.3) is 0 Å². The summed E-state index contributed by atoms with van der Waals surface area (Å²) in [6.45, 7) is 3.72. The molecule has 7 rings (SSSR count). The van der Waals surface area contributed by atoms with E-state index in [1.54, 1.807) is 6.92 Å². The summed E-state index contributed by atoms with van der Waals surface area (Å²) in [4.78, 5) is 14.5. The molecule has 1 aliphatic carbocycles. The van der Waals surface area contributed by atoms with E-state index in [0.717, 1.165) is 19.3 Å². The maximum Gasteiger partial charge on any atom is 0.302 e. The van der Waals surface area contributed by atoms with Gasteiger partial charge in [-0.3, -0.25) is 9.69 Å². The Kier molecular flexibility index (Phi) is 2.86. The predicted molar refractivity (Wildman–Crippen MR) is 96.5 cm³/mol. The van der Waals surface area contributed by atoms with Gasteiger partial charge in [-0.25, -0.2) is 0 Å². The maximum atomic E-state index is 12.1. The molecule has 0 radical (unpaired) electrons. The summed E-state index contributed by atoms with van der Waals surface area (Å²) < 4.78 is 6.11. The molecule has 5 fully saturated rings. The quantitative estimate of drug-likeness (QED) is 0.797. The molecular weight excluding hydrogens is 328 g/mol. The Bertz CT molecular complexity index is 797. The summed E-state index contributed by atoms with van der Waals surface area (Å²) >= 11 is 0. The summed E-state index contributed by atoms with van der Waals surface area (Å²) in [6.07, 6.45) is 2.61. The number of anilines is 1. The van der Waals surface area contributed by atoms with E-state index >= 15 is 0 Å². The van der Waals surface area contributed by atoms with Gasteiger partial charge in [-0.15, -0.1) is 0 Å². The molecule has 10 atom stereocenters. The van der Waals surface area contributed by atoms with Gasteiger partial charge in [-0.2, -0.15) is 0 Å². The predicted octanol–water partition coefficient (Wildman–Crippen LogP) is 2.10. The third-order valence-corrected chi connectivity index (χ3v) is 8.30. The van der Waals surface area contributed by atoms with Crippen molar-refractivity contribution in [2.45, 2.75) is 69.0 Å². The Morgan fingerprint density at radius 1 is 1.38 bits per heavy atom. The van der Waals surface area contributed by atoms with E-state index < -0.39 is 0 Å². The van der Waals surface area contributed by atoms with Crippen LogP contribution in [0.1, 0.15) is 38.7 Å². The lowest BCUT2D eigenvalue weighted by Crippen LogP contribution is -2.71. The second-order valence-corrected chi connectivity index (χ2v) is 8.99. The number of esters is 1. The van der Waals surface area contributed by atoms with E-state index in [1.807, 2.05) is 0 Å². The number of nitrogens with zero attached hydrogens (tertiary/aromatic N) is 1. The van der Waals surface area contributed by atoms with Crippen LogP contribution in [0.4, 0.5) is 5.69 Å². The molecule has 5 nitrogen and oxygen atoms in total. The molecule has 2 N–H and O–H groups in total. The van der Waals surface area contributed by atoms with Crippen molar-refractivity contribution in [1.29, 1.82) is 0 Å². The number of aliphatic hydroxyl groups is 1. The minimum Gasteiger partial charge on any atom is -0.461 e. The highest BCUT2D eigenvalue weighted by Crippen LogP contribution is 2.68. The highest BCUT2D eigenvalue weighted by atomic mass is 16.5. The molecule has 0 aromatic heterocycles. The second-order valence-electron chi connectivity index (χ2n) is 8.99. The minimum absolute atomic E-state index is 0.0901. The first-order valence-electron chi connectivity index (χ1n) is 10.1.